The van der Waals surface area contributed by atoms with Crippen molar-refractivity contribution >= 4 is 34.5 Å². The second-order valence-electron chi connectivity index (χ2n) is 8.03. The minimum Gasteiger partial charge on any atom is -0.465 e. The predicted octanol–water partition coefficient (Wildman–Crippen LogP) is 3.25. The molecule has 1 saturated heterocycles. The van der Waals surface area contributed by atoms with Crippen molar-refractivity contribution < 1.29 is 14.3 Å². The normalized spacial score (nSPS) is 16.2. The lowest BCUT2D eigenvalue weighted by Crippen LogP contribution is -2.54. The summed E-state index contributed by atoms with van der Waals surface area (Å²) < 4.78 is 15.8. The highest BCUT2D eigenvalue weighted by atomic mass is 35.5. The average Bonchev–Trinajstić information content (AvgIpc) is 2.75. The lowest BCUT2D eigenvalue weighted by molar-refractivity contribution is 0.136. The Kier molecular flexibility index (Phi) is 5.68. The molecule has 1 aliphatic rings. The molecule has 170 valence electrons. The topological polar surface area (TPSA) is 115 Å². The molecule has 1 amide bonds. The van der Waals surface area contributed by atoms with Gasteiger partial charge in [0.1, 0.15) is 5.82 Å². The summed E-state index contributed by atoms with van der Waals surface area (Å²) in [6, 6.07) is 6.25. The number of carbonyl (C=O) groups is 1. The minimum absolute atomic E-state index is 0.125. The molecular formula is C22H20ClFN6O3. The summed E-state index contributed by atoms with van der Waals surface area (Å²) in [6.45, 7) is 6.02. The first kappa shape index (κ1) is 22.5. The number of piperazine rings is 1. The average molecular weight is 471 g/mol. The molecule has 4 rings (SSSR count). The second-order valence-corrected chi connectivity index (χ2v) is 8.39. The van der Waals surface area contributed by atoms with Crippen molar-refractivity contribution in [3.8, 4) is 11.8 Å². The molecule has 1 unspecified atom stereocenters. The summed E-state index contributed by atoms with van der Waals surface area (Å²) in [5.74, 6) is -0.543. The van der Waals surface area contributed by atoms with E-state index in [4.69, 9.17) is 11.6 Å². The fraction of sp³-hybridized carbons (Fsp3) is 0.318. The van der Waals surface area contributed by atoms with Crippen molar-refractivity contribution in [1.82, 2.24) is 19.4 Å². The van der Waals surface area contributed by atoms with Crippen LogP contribution in [0.5, 0.6) is 0 Å². The van der Waals surface area contributed by atoms with Gasteiger partial charge in [-0.25, -0.2) is 23.5 Å². The van der Waals surface area contributed by atoms with Crippen molar-refractivity contribution in [2.45, 2.75) is 26.8 Å². The first-order chi connectivity index (χ1) is 15.6. The van der Waals surface area contributed by atoms with E-state index in [1.165, 1.54) is 15.5 Å². The molecule has 0 spiro atoms. The molecule has 2 aromatic heterocycles. The summed E-state index contributed by atoms with van der Waals surface area (Å²) >= 11 is 6.00. The third kappa shape index (κ3) is 3.85. The van der Waals surface area contributed by atoms with E-state index >= 15 is 0 Å². The number of nitrogens with zero attached hydrogens (tertiary/aromatic N) is 6. The van der Waals surface area contributed by atoms with Gasteiger partial charge in [0, 0.05) is 25.7 Å². The SMILES string of the molecule is Cc1cc(C#N)cc(C)c1-n1c(=O)nc(N2CCN(C(=O)O)CC2C)c2cc(F)c(Cl)nc21. The summed E-state index contributed by atoms with van der Waals surface area (Å²) in [7, 11) is 0. The van der Waals surface area contributed by atoms with Gasteiger partial charge < -0.3 is 14.9 Å². The zero-order valence-electron chi connectivity index (χ0n) is 18.1. The third-order valence-electron chi connectivity index (χ3n) is 5.77. The van der Waals surface area contributed by atoms with Crippen LogP contribution < -0.4 is 10.6 Å². The molecule has 0 saturated carbocycles. The largest absolute Gasteiger partial charge is 0.465 e. The number of hydrogen-bond donors (Lipinski definition) is 1. The monoisotopic (exact) mass is 470 g/mol. The Morgan fingerprint density at radius 2 is 1.91 bits per heavy atom. The highest BCUT2D eigenvalue weighted by Gasteiger charge is 2.30. The van der Waals surface area contributed by atoms with E-state index in [0.29, 0.717) is 22.4 Å². The van der Waals surface area contributed by atoms with Gasteiger partial charge in [0.2, 0.25) is 0 Å². The smallest absolute Gasteiger partial charge is 0.407 e. The third-order valence-corrected chi connectivity index (χ3v) is 6.04. The molecule has 1 aromatic carbocycles. The number of benzene rings is 1. The first-order valence-electron chi connectivity index (χ1n) is 10.2. The number of amides is 1. The van der Waals surface area contributed by atoms with Gasteiger partial charge in [-0.05, 0) is 50.1 Å². The number of halogens is 2. The van der Waals surface area contributed by atoms with E-state index in [0.717, 1.165) is 0 Å². The van der Waals surface area contributed by atoms with Crippen LogP contribution in [0.4, 0.5) is 15.0 Å². The van der Waals surface area contributed by atoms with Crippen LogP contribution >= 0.6 is 11.6 Å². The molecule has 3 heterocycles. The summed E-state index contributed by atoms with van der Waals surface area (Å²) in [5.41, 5.74) is 1.71. The highest BCUT2D eigenvalue weighted by molar-refractivity contribution is 6.30. The van der Waals surface area contributed by atoms with Crippen molar-refractivity contribution in [3.63, 3.8) is 0 Å². The van der Waals surface area contributed by atoms with E-state index in [-0.39, 0.29) is 47.7 Å². The van der Waals surface area contributed by atoms with Gasteiger partial charge in [-0.1, -0.05) is 11.6 Å². The molecule has 0 radical (unpaired) electrons. The quantitative estimate of drug-likeness (QED) is 0.571. The van der Waals surface area contributed by atoms with Gasteiger partial charge in [-0.2, -0.15) is 10.2 Å². The van der Waals surface area contributed by atoms with Crippen LogP contribution in [-0.2, 0) is 0 Å². The Bertz CT molecular complexity index is 1380. The van der Waals surface area contributed by atoms with E-state index in [2.05, 4.69) is 16.0 Å². The minimum atomic E-state index is -1.03. The molecule has 11 heteroatoms. The van der Waals surface area contributed by atoms with Crippen LogP contribution in [0.15, 0.2) is 23.0 Å². The fourth-order valence-corrected chi connectivity index (χ4v) is 4.46. The summed E-state index contributed by atoms with van der Waals surface area (Å²) in [4.78, 5) is 36.2. The molecule has 33 heavy (non-hydrogen) atoms. The van der Waals surface area contributed by atoms with Crippen LogP contribution in [0, 0.1) is 31.0 Å². The first-order valence-corrected chi connectivity index (χ1v) is 10.5. The van der Waals surface area contributed by atoms with E-state index in [1.807, 2.05) is 6.92 Å². The highest BCUT2D eigenvalue weighted by Crippen LogP contribution is 2.31. The zero-order valence-corrected chi connectivity index (χ0v) is 18.9. The summed E-state index contributed by atoms with van der Waals surface area (Å²) in [5, 5.41) is 18.4. The standard InChI is InChI=1S/C22H20ClFN6O3/c1-11-6-14(9-25)7-12(2)17(11)30-20-15(8-16(24)18(23)26-20)19(27-21(30)31)29-5-4-28(22(32)33)10-13(29)3/h6-8,13H,4-5,10H2,1-3H3,(H,32,33). The number of fused-ring (bicyclic) bond motifs is 1. The van der Waals surface area contributed by atoms with Gasteiger partial charge in [-0.3, -0.25) is 0 Å². The number of hydrogen-bond acceptors (Lipinski definition) is 6. The molecule has 0 bridgehead atoms. The molecule has 1 fully saturated rings. The van der Waals surface area contributed by atoms with Gasteiger partial charge in [-0.15, -0.1) is 0 Å². The second kappa shape index (κ2) is 8.33. The maximum absolute atomic E-state index is 14.5. The van der Waals surface area contributed by atoms with Gasteiger partial charge >= 0.3 is 11.8 Å². The molecule has 1 atom stereocenters. The number of aryl methyl sites for hydroxylation is 2. The zero-order chi connectivity index (χ0) is 24.0. The molecule has 1 N–H and O–H groups in total. The van der Waals surface area contributed by atoms with Gasteiger partial charge in [0.05, 0.1) is 22.7 Å². The van der Waals surface area contributed by atoms with Crippen LogP contribution in [0.25, 0.3) is 16.7 Å². The van der Waals surface area contributed by atoms with Crippen molar-refractivity contribution in [3.05, 3.63) is 56.3 Å². The number of carboxylic acid groups (broad SMARTS) is 1. The Hall–Kier alpha value is -3.71. The van der Waals surface area contributed by atoms with Crippen molar-refractivity contribution in [2.24, 2.45) is 0 Å². The Labute approximate surface area is 193 Å². The number of nitriles is 1. The number of aromatic nitrogens is 3. The molecule has 1 aliphatic heterocycles. The summed E-state index contributed by atoms with van der Waals surface area (Å²) in [6.07, 6.45) is -1.03. The predicted molar refractivity (Wildman–Crippen MR) is 121 cm³/mol. The maximum atomic E-state index is 14.5. The van der Waals surface area contributed by atoms with Gasteiger partial charge in [0.25, 0.3) is 0 Å². The number of anilines is 1. The van der Waals surface area contributed by atoms with Crippen molar-refractivity contribution in [1.29, 1.82) is 5.26 Å². The van der Waals surface area contributed by atoms with E-state index in [1.54, 1.807) is 30.9 Å². The van der Waals surface area contributed by atoms with Crippen LogP contribution in [0.2, 0.25) is 5.15 Å². The van der Waals surface area contributed by atoms with Crippen molar-refractivity contribution in [2.75, 3.05) is 24.5 Å². The molecule has 9 nitrogen and oxygen atoms in total. The Balaban J connectivity index is 1.98. The van der Waals surface area contributed by atoms with Crippen LogP contribution in [0.3, 0.4) is 0 Å². The molecule has 0 aliphatic carbocycles. The molecular weight excluding hydrogens is 451 g/mol. The fourth-order valence-electron chi connectivity index (χ4n) is 4.32. The Morgan fingerprint density at radius 3 is 2.48 bits per heavy atom. The molecule has 3 aromatic rings. The van der Waals surface area contributed by atoms with E-state index < -0.39 is 17.6 Å². The maximum Gasteiger partial charge on any atom is 0.407 e. The number of rotatable bonds is 2. The van der Waals surface area contributed by atoms with Crippen LogP contribution in [0.1, 0.15) is 23.6 Å². The number of pyridine rings is 1. The van der Waals surface area contributed by atoms with E-state index in [9.17, 15) is 24.3 Å². The van der Waals surface area contributed by atoms with Gasteiger partial charge in [0.15, 0.2) is 16.6 Å². The lowest BCUT2D eigenvalue weighted by atomic mass is 10.0. The van der Waals surface area contributed by atoms with Crippen LogP contribution in [-0.4, -0.2) is 56.3 Å². The lowest BCUT2D eigenvalue weighted by Gasteiger charge is -2.39. The Morgan fingerprint density at radius 1 is 1.24 bits per heavy atom.